The SMILES string of the molecule is O=C1O[C@@H](COCc2ccccc2)[C@H](COCc2ccccc2)[C@@H]1O. The van der Waals surface area contributed by atoms with E-state index < -0.39 is 24.1 Å². The maximum atomic E-state index is 11.7. The maximum absolute atomic E-state index is 11.7. The molecule has 5 heteroatoms. The molecule has 25 heavy (non-hydrogen) atoms. The Balaban J connectivity index is 1.48. The van der Waals surface area contributed by atoms with Gasteiger partial charge in [0.25, 0.3) is 0 Å². The molecule has 1 aliphatic heterocycles. The third kappa shape index (κ3) is 4.89. The number of aliphatic hydroxyl groups excluding tert-OH is 1. The van der Waals surface area contributed by atoms with E-state index in [-0.39, 0.29) is 13.2 Å². The standard InChI is InChI=1S/C20H22O5/c21-19-17(13-23-11-15-7-3-1-4-8-15)18(25-20(19)22)14-24-12-16-9-5-2-6-10-16/h1-10,17-19,21H,11-14H2/t17-,18-,19-/m0/s1. The molecular weight excluding hydrogens is 320 g/mol. The van der Waals surface area contributed by atoms with Crippen molar-refractivity contribution in [1.82, 2.24) is 0 Å². The van der Waals surface area contributed by atoms with Gasteiger partial charge in [0.15, 0.2) is 6.10 Å². The molecule has 0 radical (unpaired) electrons. The zero-order chi connectivity index (χ0) is 17.5. The van der Waals surface area contributed by atoms with Crippen LogP contribution in [0.3, 0.4) is 0 Å². The summed E-state index contributed by atoms with van der Waals surface area (Å²) in [6, 6.07) is 19.5. The predicted octanol–water partition coefficient (Wildman–Crippen LogP) is 2.32. The number of ether oxygens (including phenoxy) is 3. The predicted molar refractivity (Wildman–Crippen MR) is 91.6 cm³/mol. The second kappa shape index (κ2) is 8.76. The van der Waals surface area contributed by atoms with Crippen LogP contribution < -0.4 is 0 Å². The molecule has 3 rings (SSSR count). The zero-order valence-electron chi connectivity index (χ0n) is 13.9. The highest BCUT2D eigenvalue weighted by Gasteiger charge is 2.43. The van der Waals surface area contributed by atoms with Crippen molar-refractivity contribution in [3.05, 3.63) is 71.8 Å². The van der Waals surface area contributed by atoms with Crippen LogP contribution in [-0.4, -0.2) is 36.5 Å². The van der Waals surface area contributed by atoms with E-state index in [0.717, 1.165) is 11.1 Å². The summed E-state index contributed by atoms with van der Waals surface area (Å²) >= 11 is 0. The van der Waals surface area contributed by atoms with E-state index in [1.807, 2.05) is 60.7 Å². The molecular formula is C20H22O5. The molecule has 5 nitrogen and oxygen atoms in total. The van der Waals surface area contributed by atoms with Crippen LogP contribution >= 0.6 is 0 Å². The van der Waals surface area contributed by atoms with Gasteiger partial charge in [-0.05, 0) is 11.1 Å². The first-order valence-corrected chi connectivity index (χ1v) is 8.36. The molecule has 1 fully saturated rings. The number of hydrogen-bond acceptors (Lipinski definition) is 5. The van der Waals surface area contributed by atoms with Gasteiger partial charge in [-0.3, -0.25) is 0 Å². The van der Waals surface area contributed by atoms with Gasteiger partial charge >= 0.3 is 5.97 Å². The van der Waals surface area contributed by atoms with E-state index in [1.165, 1.54) is 0 Å². The van der Waals surface area contributed by atoms with Crippen molar-refractivity contribution in [2.45, 2.75) is 25.4 Å². The van der Waals surface area contributed by atoms with Crippen molar-refractivity contribution in [3.63, 3.8) is 0 Å². The Kier molecular flexibility index (Phi) is 6.17. The normalized spacial score (nSPS) is 22.8. The molecule has 0 amide bonds. The molecule has 1 N–H and O–H groups in total. The van der Waals surface area contributed by atoms with Gasteiger partial charge in [-0.1, -0.05) is 60.7 Å². The third-order valence-electron chi connectivity index (χ3n) is 4.21. The number of benzene rings is 2. The Bertz CT molecular complexity index is 658. The van der Waals surface area contributed by atoms with E-state index in [4.69, 9.17) is 14.2 Å². The Morgan fingerprint density at radius 3 is 1.92 bits per heavy atom. The average molecular weight is 342 g/mol. The van der Waals surface area contributed by atoms with Crippen LogP contribution in [0.25, 0.3) is 0 Å². The first-order chi connectivity index (χ1) is 12.2. The Morgan fingerprint density at radius 2 is 1.36 bits per heavy atom. The maximum Gasteiger partial charge on any atom is 0.335 e. The Labute approximate surface area is 147 Å². The summed E-state index contributed by atoms with van der Waals surface area (Å²) in [4.78, 5) is 11.7. The number of cyclic esters (lactones) is 1. The molecule has 3 atom stereocenters. The molecule has 2 aromatic carbocycles. The van der Waals surface area contributed by atoms with Gasteiger partial charge in [-0.15, -0.1) is 0 Å². The van der Waals surface area contributed by atoms with E-state index in [2.05, 4.69) is 0 Å². The summed E-state index contributed by atoms with van der Waals surface area (Å²) < 4.78 is 16.6. The minimum atomic E-state index is -1.17. The second-order valence-corrected chi connectivity index (χ2v) is 6.09. The van der Waals surface area contributed by atoms with E-state index in [0.29, 0.717) is 13.2 Å². The monoisotopic (exact) mass is 342 g/mol. The van der Waals surface area contributed by atoms with E-state index in [1.54, 1.807) is 0 Å². The average Bonchev–Trinajstić information content (AvgIpc) is 2.91. The molecule has 132 valence electrons. The number of carbonyl (C=O) groups is 1. The van der Waals surface area contributed by atoms with Crippen LogP contribution in [0.2, 0.25) is 0 Å². The van der Waals surface area contributed by atoms with Gasteiger partial charge in [0, 0.05) is 0 Å². The van der Waals surface area contributed by atoms with E-state index in [9.17, 15) is 9.90 Å². The number of carbonyl (C=O) groups excluding carboxylic acids is 1. The summed E-state index contributed by atoms with van der Waals surface area (Å²) in [5.74, 6) is -1.03. The summed E-state index contributed by atoms with van der Waals surface area (Å²) in [5.41, 5.74) is 2.09. The molecule has 2 aromatic rings. The minimum Gasteiger partial charge on any atom is -0.457 e. The smallest absolute Gasteiger partial charge is 0.335 e. The largest absolute Gasteiger partial charge is 0.457 e. The molecule has 0 aliphatic carbocycles. The van der Waals surface area contributed by atoms with Crippen LogP contribution in [0.1, 0.15) is 11.1 Å². The van der Waals surface area contributed by atoms with Gasteiger partial charge in [-0.2, -0.15) is 0 Å². The first-order valence-electron chi connectivity index (χ1n) is 8.36. The highest BCUT2D eigenvalue weighted by Crippen LogP contribution is 2.24. The highest BCUT2D eigenvalue weighted by atomic mass is 16.6. The summed E-state index contributed by atoms with van der Waals surface area (Å²) in [5, 5.41) is 10.0. The molecule has 0 saturated carbocycles. The van der Waals surface area contributed by atoms with Crippen LogP contribution in [-0.2, 0) is 32.2 Å². The van der Waals surface area contributed by atoms with Crippen molar-refractivity contribution < 1.29 is 24.1 Å². The third-order valence-corrected chi connectivity index (χ3v) is 4.21. The number of esters is 1. The van der Waals surface area contributed by atoms with Crippen LogP contribution in [0.15, 0.2) is 60.7 Å². The lowest BCUT2D eigenvalue weighted by atomic mass is 10.0. The highest BCUT2D eigenvalue weighted by molar-refractivity contribution is 5.77. The van der Waals surface area contributed by atoms with Gasteiger partial charge in [0.05, 0.1) is 32.3 Å². The fourth-order valence-corrected chi connectivity index (χ4v) is 2.79. The van der Waals surface area contributed by atoms with Crippen molar-refractivity contribution in [1.29, 1.82) is 0 Å². The Hall–Kier alpha value is -2.21. The quantitative estimate of drug-likeness (QED) is 0.746. The lowest BCUT2D eigenvalue weighted by molar-refractivity contribution is -0.149. The van der Waals surface area contributed by atoms with Crippen molar-refractivity contribution in [2.24, 2.45) is 5.92 Å². The van der Waals surface area contributed by atoms with Gasteiger partial charge < -0.3 is 19.3 Å². The van der Waals surface area contributed by atoms with Crippen LogP contribution in [0.5, 0.6) is 0 Å². The zero-order valence-corrected chi connectivity index (χ0v) is 13.9. The van der Waals surface area contributed by atoms with Crippen LogP contribution in [0.4, 0.5) is 0 Å². The molecule has 0 aromatic heterocycles. The summed E-state index contributed by atoms with van der Waals surface area (Å²) in [6.07, 6.45) is -1.66. The molecule has 1 aliphatic rings. The van der Waals surface area contributed by atoms with Crippen molar-refractivity contribution in [3.8, 4) is 0 Å². The molecule has 1 heterocycles. The van der Waals surface area contributed by atoms with Gasteiger partial charge in [0.1, 0.15) is 6.10 Å². The number of rotatable bonds is 8. The van der Waals surface area contributed by atoms with E-state index >= 15 is 0 Å². The lowest BCUT2D eigenvalue weighted by Crippen LogP contribution is -2.32. The van der Waals surface area contributed by atoms with Gasteiger partial charge in [-0.25, -0.2) is 4.79 Å². The molecule has 0 bridgehead atoms. The van der Waals surface area contributed by atoms with Crippen molar-refractivity contribution in [2.75, 3.05) is 13.2 Å². The number of aliphatic hydroxyl groups is 1. The molecule has 0 spiro atoms. The molecule has 0 unspecified atom stereocenters. The Morgan fingerprint density at radius 1 is 0.840 bits per heavy atom. The fourth-order valence-electron chi connectivity index (χ4n) is 2.79. The van der Waals surface area contributed by atoms with Gasteiger partial charge in [0.2, 0.25) is 0 Å². The second-order valence-electron chi connectivity index (χ2n) is 6.09. The summed E-state index contributed by atoms with van der Waals surface area (Å²) in [7, 11) is 0. The number of hydrogen-bond donors (Lipinski definition) is 1. The minimum absolute atomic E-state index is 0.233. The lowest BCUT2D eigenvalue weighted by Gasteiger charge is -2.19. The van der Waals surface area contributed by atoms with Crippen LogP contribution in [0, 0.1) is 5.92 Å². The topological polar surface area (TPSA) is 65.0 Å². The van der Waals surface area contributed by atoms with Crippen molar-refractivity contribution >= 4 is 5.97 Å². The fraction of sp³-hybridized carbons (Fsp3) is 0.350. The first kappa shape index (κ1) is 17.6. The molecule has 1 saturated heterocycles. The summed E-state index contributed by atoms with van der Waals surface area (Å²) in [6.45, 7) is 1.33.